The van der Waals surface area contributed by atoms with Gasteiger partial charge in [0.25, 0.3) is 5.91 Å². The Morgan fingerprint density at radius 2 is 1.54 bits per heavy atom. The molecule has 0 N–H and O–H groups in total. The lowest BCUT2D eigenvalue weighted by molar-refractivity contribution is 0.0696. The maximum atomic E-state index is 13.8. The van der Waals surface area contributed by atoms with E-state index in [0.29, 0.717) is 43.6 Å². The number of benzene rings is 1. The Morgan fingerprint density at radius 1 is 1.00 bits per heavy atom. The summed E-state index contributed by atoms with van der Waals surface area (Å²) in [6.45, 7) is 0.830. The molecule has 126 valence electrons. The van der Waals surface area contributed by atoms with E-state index in [1.807, 2.05) is 0 Å². The molecule has 0 atom stereocenters. The molecule has 1 aliphatic carbocycles. The van der Waals surface area contributed by atoms with Crippen molar-refractivity contribution in [2.75, 3.05) is 13.1 Å². The van der Waals surface area contributed by atoms with Gasteiger partial charge >= 0.3 is 0 Å². The summed E-state index contributed by atoms with van der Waals surface area (Å²) in [6, 6.07) is 3.45. The van der Waals surface area contributed by atoms with E-state index in [2.05, 4.69) is 10.2 Å². The normalized spacial score (nSPS) is 18.8. The molecule has 1 amide bonds. The molecule has 2 fully saturated rings. The highest BCUT2D eigenvalue weighted by molar-refractivity contribution is 5.94. The minimum absolute atomic E-state index is 0.0968. The summed E-state index contributed by atoms with van der Waals surface area (Å²) >= 11 is 0. The lowest BCUT2D eigenvalue weighted by Gasteiger charge is -2.30. The van der Waals surface area contributed by atoms with Crippen LogP contribution in [0.3, 0.4) is 0 Å². The summed E-state index contributed by atoms with van der Waals surface area (Å²) in [6.07, 6.45) is 3.49. The first kappa shape index (κ1) is 15.2. The van der Waals surface area contributed by atoms with Gasteiger partial charge in [0.05, 0.1) is 0 Å². The standard InChI is InChI=1S/C17H17F2N3O2/c18-12-2-1-3-13(19)14(12)17(23)22-8-6-11(7-9-22)16-21-20-15(24-16)10-4-5-10/h1-3,10-11H,4-9H2. The summed E-state index contributed by atoms with van der Waals surface area (Å²) in [5, 5.41) is 8.20. The third kappa shape index (κ3) is 2.79. The van der Waals surface area contributed by atoms with Crippen molar-refractivity contribution in [3.05, 3.63) is 47.2 Å². The Kier molecular flexibility index (Phi) is 3.78. The number of halogens is 2. The average molecular weight is 333 g/mol. The second-order valence-electron chi connectivity index (χ2n) is 6.42. The van der Waals surface area contributed by atoms with Crippen LogP contribution in [0.4, 0.5) is 8.78 Å². The molecular weight excluding hydrogens is 316 g/mol. The molecular formula is C17H17F2N3O2. The van der Waals surface area contributed by atoms with E-state index < -0.39 is 23.1 Å². The highest BCUT2D eigenvalue weighted by Crippen LogP contribution is 2.40. The molecule has 24 heavy (non-hydrogen) atoms. The average Bonchev–Trinajstić information content (AvgIpc) is 3.32. The van der Waals surface area contributed by atoms with Crippen molar-refractivity contribution in [2.45, 2.75) is 37.5 Å². The minimum Gasteiger partial charge on any atom is -0.425 e. The van der Waals surface area contributed by atoms with Gasteiger partial charge in [-0.1, -0.05) is 6.07 Å². The lowest BCUT2D eigenvalue weighted by Crippen LogP contribution is -2.38. The van der Waals surface area contributed by atoms with E-state index in [1.54, 1.807) is 0 Å². The zero-order valence-electron chi connectivity index (χ0n) is 13.0. The Morgan fingerprint density at radius 3 is 2.08 bits per heavy atom. The van der Waals surface area contributed by atoms with E-state index >= 15 is 0 Å². The van der Waals surface area contributed by atoms with Crippen LogP contribution in [0.1, 0.15) is 59.7 Å². The Labute approximate surface area is 137 Å². The maximum absolute atomic E-state index is 13.8. The Balaban J connectivity index is 1.42. The highest BCUT2D eigenvalue weighted by Gasteiger charge is 2.33. The molecule has 5 nitrogen and oxygen atoms in total. The number of hydrogen-bond acceptors (Lipinski definition) is 4. The Hall–Kier alpha value is -2.31. The Bertz CT molecular complexity index is 745. The molecule has 0 spiro atoms. The quantitative estimate of drug-likeness (QED) is 0.865. The van der Waals surface area contributed by atoms with Crippen molar-refractivity contribution in [2.24, 2.45) is 0 Å². The zero-order valence-corrected chi connectivity index (χ0v) is 13.0. The molecule has 2 aromatic rings. The summed E-state index contributed by atoms with van der Waals surface area (Å²) in [5.41, 5.74) is -0.482. The number of aromatic nitrogens is 2. The number of likely N-dealkylation sites (tertiary alicyclic amines) is 1. The summed E-state index contributed by atoms with van der Waals surface area (Å²) in [7, 11) is 0. The van der Waals surface area contributed by atoms with Crippen LogP contribution in [0, 0.1) is 11.6 Å². The van der Waals surface area contributed by atoms with Gasteiger partial charge in [0.15, 0.2) is 0 Å². The fourth-order valence-corrected chi connectivity index (χ4v) is 3.10. The van der Waals surface area contributed by atoms with Crippen molar-refractivity contribution in [1.29, 1.82) is 0 Å². The van der Waals surface area contributed by atoms with Gasteiger partial charge in [-0.15, -0.1) is 10.2 Å². The first-order valence-electron chi connectivity index (χ1n) is 8.20. The number of carbonyl (C=O) groups excluding carboxylic acids is 1. The molecule has 2 aliphatic rings. The van der Waals surface area contributed by atoms with Crippen molar-refractivity contribution < 1.29 is 18.0 Å². The SMILES string of the molecule is O=C(c1c(F)cccc1F)N1CCC(c2nnc(C3CC3)o2)CC1. The molecule has 0 radical (unpaired) electrons. The van der Waals surface area contributed by atoms with Gasteiger partial charge in [-0.05, 0) is 37.8 Å². The van der Waals surface area contributed by atoms with Crippen LogP contribution >= 0.6 is 0 Å². The first-order chi connectivity index (χ1) is 11.6. The van der Waals surface area contributed by atoms with Crippen LogP contribution in [0.5, 0.6) is 0 Å². The zero-order chi connectivity index (χ0) is 16.7. The number of hydrogen-bond donors (Lipinski definition) is 0. The number of piperidine rings is 1. The minimum atomic E-state index is -0.826. The van der Waals surface area contributed by atoms with Crippen LogP contribution in [0.2, 0.25) is 0 Å². The van der Waals surface area contributed by atoms with Crippen LogP contribution in [0.25, 0.3) is 0 Å². The van der Waals surface area contributed by atoms with Crippen molar-refractivity contribution in [1.82, 2.24) is 15.1 Å². The second kappa shape index (κ2) is 5.96. The van der Waals surface area contributed by atoms with Crippen molar-refractivity contribution >= 4 is 5.91 Å². The molecule has 1 aromatic carbocycles. The number of nitrogens with zero attached hydrogens (tertiary/aromatic N) is 3. The molecule has 1 aliphatic heterocycles. The van der Waals surface area contributed by atoms with Crippen molar-refractivity contribution in [3.63, 3.8) is 0 Å². The van der Waals surface area contributed by atoms with E-state index in [4.69, 9.17) is 4.42 Å². The fraction of sp³-hybridized carbons (Fsp3) is 0.471. The smallest absolute Gasteiger partial charge is 0.259 e. The van der Waals surface area contributed by atoms with Crippen LogP contribution < -0.4 is 0 Å². The molecule has 1 saturated carbocycles. The van der Waals surface area contributed by atoms with E-state index in [0.717, 1.165) is 25.0 Å². The number of amides is 1. The molecule has 1 aromatic heterocycles. The monoisotopic (exact) mass is 333 g/mol. The predicted molar refractivity (Wildman–Crippen MR) is 80.5 cm³/mol. The van der Waals surface area contributed by atoms with E-state index in [9.17, 15) is 13.6 Å². The van der Waals surface area contributed by atoms with Gasteiger partial charge in [0.2, 0.25) is 11.8 Å². The lowest BCUT2D eigenvalue weighted by atomic mass is 9.96. The second-order valence-corrected chi connectivity index (χ2v) is 6.42. The first-order valence-corrected chi connectivity index (χ1v) is 8.20. The summed E-state index contributed by atoms with van der Waals surface area (Å²) < 4.78 is 33.2. The van der Waals surface area contributed by atoms with Crippen molar-refractivity contribution in [3.8, 4) is 0 Å². The van der Waals surface area contributed by atoms with Gasteiger partial charge in [-0.25, -0.2) is 8.78 Å². The largest absolute Gasteiger partial charge is 0.425 e. The molecule has 2 heterocycles. The maximum Gasteiger partial charge on any atom is 0.259 e. The summed E-state index contributed by atoms with van der Waals surface area (Å²) in [5.74, 6) is -0.427. The van der Waals surface area contributed by atoms with Gasteiger partial charge in [0.1, 0.15) is 17.2 Å². The fourth-order valence-electron chi connectivity index (χ4n) is 3.10. The summed E-state index contributed by atoms with van der Waals surface area (Å²) in [4.78, 5) is 13.9. The molecule has 4 rings (SSSR count). The van der Waals surface area contributed by atoms with Crippen LogP contribution in [0.15, 0.2) is 22.6 Å². The molecule has 0 unspecified atom stereocenters. The van der Waals surface area contributed by atoms with Crippen LogP contribution in [-0.4, -0.2) is 34.1 Å². The molecule has 7 heteroatoms. The molecule has 0 bridgehead atoms. The predicted octanol–water partition coefficient (Wildman–Crippen LogP) is 3.25. The number of rotatable bonds is 3. The third-order valence-corrected chi connectivity index (χ3v) is 4.69. The van der Waals surface area contributed by atoms with Gasteiger partial charge < -0.3 is 9.32 Å². The third-order valence-electron chi connectivity index (χ3n) is 4.69. The van der Waals surface area contributed by atoms with E-state index in [1.165, 1.54) is 11.0 Å². The topological polar surface area (TPSA) is 59.2 Å². The van der Waals surface area contributed by atoms with Gasteiger partial charge in [-0.2, -0.15) is 0 Å². The number of carbonyl (C=O) groups is 1. The highest BCUT2D eigenvalue weighted by atomic mass is 19.1. The van der Waals surface area contributed by atoms with Crippen LogP contribution in [-0.2, 0) is 0 Å². The van der Waals surface area contributed by atoms with E-state index in [-0.39, 0.29) is 5.92 Å². The van der Waals surface area contributed by atoms with Gasteiger partial charge in [0, 0.05) is 24.9 Å². The van der Waals surface area contributed by atoms with Gasteiger partial charge in [-0.3, -0.25) is 4.79 Å². The molecule has 1 saturated heterocycles.